The lowest BCUT2D eigenvalue weighted by Crippen LogP contribution is -2.22. The van der Waals surface area contributed by atoms with E-state index in [1.807, 2.05) is 6.07 Å². The van der Waals surface area contributed by atoms with Gasteiger partial charge in [0.05, 0.1) is 0 Å². The Bertz CT molecular complexity index is 711. The molecule has 3 nitrogen and oxygen atoms in total. The van der Waals surface area contributed by atoms with Crippen LogP contribution >= 0.6 is 0 Å². The Morgan fingerprint density at radius 1 is 1.22 bits per heavy atom. The van der Waals surface area contributed by atoms with Crippen molar-refractivity contribution in [3.63, 3.8) is 0 Å². The van der Waals surface area contributed by atoms with E-state index in [0.717, 1.165) is 0 Å². The number of halogens is 1. The highest BCUT2D eigenvalue weighted by molar-refractivity contribution is 5.40. The minimum absolute atomic E-state index is 0.0718. The van der Waals surface area contributed by atoms with E-state index >= 15 is 0 Å². The number of rotatable bonds is 1. The van der Waals surface area contributed by atoms with Crippen LogP contribution in [-0.4, -0.2) is 4.57 Å². The van der Waals surface area contributed by atoms with Gasteiger partial charge in [-0.2, -0.15) is 5.26 Å². The molecule has 0 bridgehead atoms. The Labute approximate surface area is 104 Å². The van der Waals surface area contributed by atoms with Crippen molar-refractivity contribution in [2.75, 3.05) is 0 Å². The zero-order chi connectivity index (χ0) is 13.3. The number of nitriles is 1. The van der Waals surface area contributed by atoms with Crippen LogP contribution in [0.1, 0.15) is 16.8 Å². The number of aromatic nitrogens is 1. The summed E-state index contributed by atoms with van der Waals surface area (Å²) in [5, 5.41) is 8.86. The summed E-state index contributed by atoms with van der Waals surface area (Å²) in [6, 6.07) is 9.46. The first-order valence-electron chi connectivity index (χ1n) is 5.44. The van der Waals surface area contributed by atoms with Crippen LogP contribution in [0.25, 0.3) is 5.69 Å². The monoisotopic (exact) mass is 242 g/mol. The summed E-state index contributed by atoms with van der Waals surface area (Å²) in [6.07, 6.45) is 0. The molecule has 0 aliphatic carbocycles. The molecule has 0 spiro atoms. The third kappa shape index (κ3) is 1.91. The normalized spacial score (nSPS) is 10.1. The van der Waals surface area contributed by atoms with Crippen molar-refractivity contribution in [3.05, 3.63) is 63.3 Å². The largest absolute Gasteiger partial charge is 0.280 e. The number of hydrogen-bond acceptors (Lipinski definition) is 2. The molecule has 0 N–H and O–H groups in total. The van der Waals surface area contributed by atoms with Gasteiger partial charge in [0.1, 0.15) is 17.4 Å². The first-order valence-corrected chi connectivity index (χ1v) is 5.44. The van der Waals surface area contributed by atoms with Crippen LogP contribution in [0.3, 0.4) is 0 Å². The molecule has 1 aromatic carbocycles. The molecule has 4 heteroatoms. The quantitative estimate of drug-likeness (QED) is 0.771. The summed E-state index contributed by atoms with van der Waals surface area (Å²) in [5.74, 6) is -0.319. The lowest BCUT2D eigenvalue weighted by molar-refractivity contribution is 0.618. The molecular formula is C14H11FN2O. The molecule has 0 aliphatic heterocycles. The topological polar surface area (TPSA) is 45.8 Å². The smallest absolute Gasteiger partial charge is 0.273 e. The first-order chi connectivity index (χ1) is 8.54. The fourth-order valence-corrected chi connectivity index (χ4v) is 1.80. The van der Waals surface area contributed by atoms with Crippen molar-refractivity contribution < 1.29 is 4.39 Å². The van der Waals surface area contributed by atoms with Crippen LogP contribution in [0.4, 0.5) is 4.39 Å². The minimum atomic E-state index is -0.386. The maximum atomic E-state index is 13.2. The Morgan fingerprint density at radius 3 is 2.56 bits per heavy atom. The van der Waals surface area contributed by atoms with E-state index in [-0.39, 0.29) is 16.9 Å². The number of pyridine rings is 1. The molecule has 0 atom stereocenters. The molecule has 0 aliphatic rings. The maximum absolute atomic E-state index is 13.2. The minimum Gasteiger partial charge on any atom is -0.280 e. The van der Waals surface area contributed by atoms with Gasteiger partial charge in [-0.1, -0.05) is 0 Å². The van der Waals surface area contributed by atoms with Crippen LogP contribution in [0.2, 0.25) is 0 Å². The predicted octanol–water partition coefficient (Wildman–Crippen LogP) is 2.47. The van der Waals surface area contributed by atoms with Gasteiger partial charge in [-0.15, -0.1) is 0 Å². The Morgan fingerprint density at radius 2 is 1.94 bits per heavy atom. The van der Waals surface area contributed by atoms with Crippen molar-refractivity contribution in [1.82, 2.24) is 4.57 Å². The van der Waals surface area contributed by atoms with E-state index in [0.29, 0.717) is 16.9 Å². The first kappa shape index (κ1) is 12.1. The second-order valence-corrected chi connectivity index (χ2v) is 4.07. The highest BCUT2D eigenvalue weighted by atomic mass is 19.1. The van der Waals surface area contributed by atoms with Crippen LogP contribution in [0, 0.1) is 31.0 Å². The van der Waals surface area contributed by atoms with Gasteiger partial charge < -0.3 is 0 Å². The highest BCUT2D eigenvalue weighted by Gasteiger charge is 2.09. The summed E-state index contributed by atoms with van der Waals surface area (Å²) < 4.78 is 14.6. The maximum Gasteiger partial charge on any atom is 0.273 e. The molecule has 0 amide bonds. The Kier molecular flexibility index (Phi) is 2.99. The van der Waals surface area contributed by atoms with Gasteiger partial charge >= 0.3 is 0 Å². The summed E-state index contributed by atoms with van der Waals surface area (Å²) in [4.78, 5) is 12.1. The fourth-order valence-electron chi connectivity index (χ4n) is 1.80. The van der Waals surface area contributed by atoms with E-state index in [2.05, 4.69) is 0 Å². The van der Waals surface area contributed by atoms with E-state index in [4.69, 9.17) is 5.26 Å². The molecule has 2 aromatic rings. The molecule has 1 heterocycles. The molecule has 1 aromatic heterocycles. The average molecular weight is 242 g/mol. The van der Waals surface area contributed by atoms with Crippen LogP contribution in [-0.2, 0) is 0 Å². The number of hydrogen-bond donors (Lipinski definition) is 0. The standard InChI is InChI=1S/C14H11FN2O/c1-9-7-12(5-6-13(9)15)17-10(2)3-4-11(8-16)14(17)18/h3-7H,1-2H3. The van der Waals surface area contributed by atoms with Crippen LogP contribution in [0.5, 0.6) is 0 Å². The molecule has 0 saturated carbocycles. The second-order valence-electron chi connectivity index (χ2n) is 4.07. The molecular weight excluding hydrogens is 231 g/mol. The summed E-state index contributed by atoms with van der Waals surface area (Å²) in [6.45, 7) is 3.40. The van der Waals surface area contributed by atoms with Gasteiger partial charge in [0, 0.05) is 11.4 Å². The van der Waals surface area contributed by atoms with E-state index < -0.39 is 0 Å². The van der Waals surface area contributed by atoms with Crippen molar-refractivity contribution in [1.29, 1.82) is 5.26 Å². The second kappa shape index (κ2) is 4.46. The molecule has 0 saturated heterocycles. The third-order valence-electron chi connectivity index (χ3n) is 2.80. The SMILES string of the molecule is Cc1cc(-n2c(C)ccc(C#N)c2=O)ccc1F. The fraction of sp³-hybridized carbons (Fsp3) is 0.143. The molecule has 0 fully saturated rings. The lowest BCUT2D eigenvalue weighted by atomic mass is 10.2. The van der Waals surface area contributed by atoms with Crippen LogP contribution in [0.15, 0.2) is 35.1 Å². The Hall–Kier alpha value is -2.41. The van der Waals surface area contributed by atoms with Crippen molar-refractivity contribution >= 4 is 0 Å². The van der Waals surface area contributed by atoms with Gasteiger partial charge in [-0.3, -0.25) is 9.36 Å². The van der Waals surface area contributed by atoms with Gasteiger partial charge in [-0.05, 0) is 49.7 Å². The Balaban J connectivity index is 2.75. The van der Waals surface area contributed by atoms with Crippen molar-refractivity contribution in [2.24, 2.45) is 0 Å². The number of nitrogens with zero attached hydrogens (tertiary/aromatic N) is 2. The van der Waals surface area contributed by atoms with Gasteiger partial charge in [0.25, 0.3) is 5.56 Å². The van der Waals surface area contributed by atoms with Gasteiger partial charge in [0.15, 0.2) is 0 Å². The molecule has 0 unspecified atom stereocenters. The molecule has 2 rings (SSSR count). The molecule has 90 valence electrons. The predicted molar refractivity (Wildman–Crippen MR) is 66.2 cm³/mol. The van der Waals surface area contributed by atoms with Crippen molar-refractivity contribution in [2.45, 2.75) is 13.8 Å². The third-order valence-corrected chi connectivity index (χ3v) is 2.80. The number of aryl methyl sites for hydroxylation is 2. The summed E-state index contributed by atoms with van der Waals surface area (Å²) in [7, 11) is 0. The van der Waals surface area contributed by atoms with Crippen molar-refractivity contribution in [3.8, 4) is 11.8 Å². The van der Waals surface area contributed by atoms with E-state index in [1.54, 1.807) is 26.0 Å². The summed E-state index contributed by atoms with van der Waals surface area (Å²) >= 11 is 0. The van der Waals surface area contributed by atoms with E-state index in [9.17, 15) is 9.18 Å². The average Bonchev–Trinajstić information content (AvgIpc) is 2.34. The van der Waals surface area contributed by atoms with Gasteiger partial charge in [0.2, 0.25) is 0 Å². The summed E-state index contributed by atoms with van der Waals surface area (Å²) in [5.41, 5.74) is 1.41. The zero-order valence-electron chi connectivity index (χ0n) is 10.1. The zero-order valence-corrected chi connectivity index (χ0v) is 10.1. The molecule has 0 radical (unpaired) electrons. The molecule has 18 heavy (non-hydrogen) atoms. The van der Waals surface area contributed by atoms with Crippen LogP contribution < -0.4 is 5.56 Å². The van der Waals surface area contributed by atoms with E-state index in [1.165, 1.54) is 22.8 Å². The number of benzene rings is 1. The lowest BCUT2D eigenvalue weighted by Gasteiger charge is -2.11. The highest BCUT2D eigenvalue weighted by Crippen LogP contribution is 2.14. The van der Waals surface area contributed by atoms with Gasteiger partial charge in [-0.25, -0.2) is 4.39 Å².